The average molecular weight is 447 g/mol. The molecule has 9 heteroatoms. The van der Waals surface area contributed by atoms with Gasteiger partial charge in [0.25, 0.3) is 0 Å². The molecule has 5 nitrogen and oxygen atoms in total. The summed E-state index contributed by atoms with van der Waals surface area (Å²) in [5, 5.41) is 5.87. The van der Waals surface area contributed by atoms with Crippen LogP contribution in [0.15, 0.2) is 23.2 Å². The Morgan fingerprint density at radius 3 is 2.61 bits per heavy atom. The zero-order valence-corrected chi connectivity index (χ0v) is 15.4. The summed E-state index contributed by atoms with van der Waals surface area (Å²) >= 11 is 0. The van der Waals surface area contributed by atoms with E-state index in [1.165, 1.54) is 18.2 Å². The molecule has 0 aliphatic heterocycles. The maximum atomic E-state index is 13.8. The molecule has 0 saturated heterocycles. The molecule has 0 amide bonds. The van der Waals surface area contributed by atoms with Gasteiger partial charge >= 0.3 is 6.61 Å². The molecule has 0 aromatic heterocycles. The van der Waals surface area contributed by atoms with Gasteiger partial charge in [0, 0.05) is 32.3 Å². The first-order chi connectivity index (χ1) is 10.5. The van der Waals surface area contributed by atoms with Crippen LogP contribution in [-0.4, -0.2) is 39.4 Å². The molecule has 1 aromatic rings. The normalized spacial score (nSPS) is 12.6. The molecule has 0 aliphatic rings. The van der Waals surface area contributed by atoms with E-state index >= 15 is 0 Å². The minimum atomic E-state index is -3.01. The summed E-state index contributed by atoms with van der Waals surface area (Å²) in [5.41, 5.74) is 0.00476. The second kappa shape index (κ2) is 11.3. The summed E-state index contributed by atoms with van der Waals surface area (Å²) in [6.45, 7) is -0.723. The number of rotatable bonds is 7. The largest absolute Gasteiger partial charge is 0.434 e. The number of hydrogen-bond acceptors (Lipinski definition) is 3. The minimum Gasteiger partial charge on any atom is -0.434 e. The molecule has 1 atom stereocenters. The minimum absolute atomic E-state index is 0. The van der Waals surface area contributed by atoms with Crippen molar-refractivity contribution in [3.63, 3.8) is 0 Å². The predicted molar refractivity (Wildman–Crippen MR) is 93.1 cm³/mol. The van der Waals surface area contributed by atoms with Crippen LogP contribution in [0.25, 0.3) is 0 Å². The van der Waals surface area contributed by atoms with Crippen LogP contribution in [-0.2, 0) is 11.3 Å². The van der Waals surface area contributed by atoms with Crippen molar-refractivity contribution in [1.82, 2.24) is 10.6 Å². The first kappa shape index (κ1) is 21.8. The van der Waals surface area contributed by atoms with Crippen molar-refractivity contribution < 1.29 is 22.6 Å². The highest BCUT2D eigenvalue weighted by atomic mass is 127. The van der Waals surface area contributed by atoms with Crippen molar-refractivity contribution in [1.29, 1.82) is 0 Å². The second-order valence-corrected chi connectivity index (χ2v) is 4.52. The lowest BCUT2D eigenvalue weighted by Crippen LogP contribution is -2.43. The highest BCUT2D eigenvalue weighted by molar-refractivity contribution is 14.0. The van der Waals surface area contributed by atoms with Crippen LogP contribution < -0.4 is 15.4 Å². The van der Waals surface area contributed by atoms with Crippen molar-refractivity contribution in [2.75, 3.05) is 20.8 Å². The summed E-state index contributed by atoms with van der Waals surface area (Å²) in [7, 11) is 3.12. The van der Waals surface area contributed by atoms with Gasteiger partial charge in [0.05, 0.1) is 6.61 Å². The number of halogens is 4. The third kappa shape index (κ3) is 7.73. The van der Waals surface area contributed by atoms with Crippen LogP contribution in [0.4, 0.5) is 13.2 Å². The van der Waals surface area contributed by atoms with E-state index in [0.29, 0.717) is 12.6 Å². The Morgan fingerprint density at radius 1 is 1.35 bits per heavy atom. The summed E-state index contributed by atoms with van der Waals surface area (Å²) in [6, 6.07) is 3.76. The molecule has 0 spiro atoms. The number of ether oxygens (including phenoxy) is 2. The maximum Gasteiger partial charge on any atom is 0.387 e. The zero-order chi connectivity index (χ0) is 16.5. The fourth-order valence-electron chi connectivity index (χ4n) is 1.81. The number of benzene rings is 1. The number of nitrogens with zero attached hydrogens (tertiary/aromatic N) is 1. The van der Waals surface area contributed by atoms with E-state index in [2.05, 4.69) is 20.4 Å². The SMILES string of the molecule is CN=C(NCc1c(F)cccc1OC(F)F)NC(C)COC.I. The van der Waals surface area contributed by atoms with Gasteiger partial charge < -0.3 is 20.1 Å². The number of alkyl halides is 2. The first-order valence-electron chi connectivity index (χ1n) is 6.66. The molecule has 132 valence electrons. The van der Waals surface area contributed by atoms with Crippen molar-refractivity contribution >= 4 is 29.9 Å². The molecule has 0 heterocycles. The van der Waals surface area contributed by atoms with Gasteiger partial charge in [-0.25, -0.2) is 4.39 Å². The lowest BCUT2D eigenvalue weighted by molar-refractivity contribution is -0.0506. The third-order valence-corrected chi connectivity index (χ3v) is 2.75. The second-order valence-electron chi connectivity index (χ2n) is 4.52. The molecular formula is C14H21F3IN3O2. The lowest BCUT2D eigenvalue weighted by Gasteiger charge is -2.18. The molecule has 0 radical (unpaired) electrons. The summed E-state index contributed by atoms with van der Waals surface area (Å²) in [4.78, 5) is 3.97. The Hall–Kier alpha value is -1.23. The van der Waals surface area contributed by atoms with Gasteiger partial charge in [-0.15, -0.1) is 24.0 Å². The Kier molecular flexibility index (Phi) is 10.7. The van der Waals surface area contributed by atoms with E-state index in [1.807, 2.05) is 6.92 Å². The highest BCUT2D eigenvalue weighted by Gasteiger charge is 2.14. The Balaban J connectivity index is 0.00000484. The molecule has 2 N–H and O–H groups in total. The number of hydrogen-bond donors (Lipinski definition) is 2. The lowest BCUT2D eigenvalue weighted by atomic mass is 10.2. The zero-order valence-electron chi connectivity index (χ0n) is 13.1. The standard InChI is InChI=1S/C14H20F3N3O2.HI/c1-9(8-21-3)20-14(18-2)19-7-10-11(15)5-4-6-12(10)22-13(16)17;/h4-6,9,13H,7-8H2,1-3H3,(H2,18,19,20);1H. The summed E-state index contributed by atoms with van der Waals surface area (Å²) in [6.07, 6.45) is 0. The van der Waals surface area contributed by atoms with Crippen LogP contribution in [0.1, 0.15) is 12.5 Å². The van der Waals surface area contributed by atoms with Gasteiger partial charge in [-0.05, 0) is 19.1 Å². The van der Waals surface area contributed by atoms with Crippen LogP contribution in [0.5, 0.6) is 5.75 Å². The van der Waals surface area contributed by atoms with Crippen molar-refractivity contribution in [3.8, 4) is 5.75 Å². The van der Waals surface area contributed by atoms with Crippen molar-refractivity contribution in [3.05, 3.63) is 29.6 Å². The molecular weight excluding hydrogens is 426 g/mol. The van der Waals surface area contributed by atoms with Gasteiger partial charge in [-0.2, -0.15) is 8.78 Å². The molecule has 1 aromatic carbocycles. The fourth-order valence-corrected chi connectivity index (χ4v) is 1.81. The number of nitrogens with one attached hydrogen (secondary N) is 2. The summed E-state index contributed by atoms with van der Waals surface area (Å²) < 4.78 is 47.8. The van der Waals surface area contributed by atoms with E-state index < -0.39 is 12.4 Å². The molecule has 0 saturated carbocycles. The van der Waals surface area contributed by atoms with Crippen LogP contribution in [0, 0.1) is 5.82 Å². The molecule has 1 rings (SSSR count). The Labute approximate surface area is 150 Å². The predicted octanol–water partition coefficient (Wildman–Crippen LogP) is 2.75. The van der Waals surface area contributed by atoms with E-state index in [1.54, 1.807) is 14.2 Å². The maximum absolute atomic E-state index is 13.8. The van der Waals surface area contributed by atoms with Crippen LogP contribution in [0.3, 0.4) is 0 Å². The van der Waals surface area contributed by atoms with Crippen LogP contribution >= 0.6 is 24.0 Å². The molecule has 0 fully saturated rings. The number of guanidine groups is 1. The van der Waals surface area contributed by atoms with Gasteiger partial charge in [-0.1, -0.05) is 6.07 Å². The Morgan fingerprint density at radius 2 is 2.04 bits per heavy atom. The van der Waals surface area contributed by atoms with Gasteiger partial charge in [-0.3, -0.25) is 4.99 Å². The highest BCUT2D eigenvalue weighted by Crippen LogP contribution is 2.23. The van der Waals surface area contributed by atoms with E-state index in [4.69, 9.17) is 4.74 Å². The fraction of sp³-hybridized carbons (Fsp3) is 0.500. The first-order valence-corrected chi connectivity index (χ1v) is 6.66. The number of aliphatic imine (C=N–C) groups is 1. The smallest absolute Gasteiger partial charge is 0.387 e. The molecule has 0 aliphatic carbocycles. The molecule has 0 bridgehead atoms. The molecule has 1 unspecified atom stereocenters. The van der Waals surface area contributed by atoms with Crippen molar-refractivity contribution in [2.24, 2.45) is 4.99 Å². The van der Waals surface area contributed by atoms with Gasteiger partial charge in [0.2, 0.25) is 0 Å². The van der Waals surface area contributed by atoms with E-state index in [9.17, 15) is 13.2 Å². The van der Waals surface area contributed by atoms with Gasteiger partial charge in [0.15, 0.2) is 5.96 Å². The van der Waals surface area contributed by atoms with E-state index in [0.717, 1.165) is 0 Å². The monoisotopic (exact) mass is 447 g/mol. The number of methoxy groups -OCH3 is 1. The third-order valence-electron chi connectivity index (χ3n) is 2.75. The summed E-state index contributed by atoms with van der Waals surface area (Å²) in [5.74, 6) is -0.440. The van der Waals surface area contributed by atoms with E-state index in [-0.39, 0.29) is 47.9 Å². The Bertz CT molecular complexity index is 504. The topological polar surface area (TPSA) is 54.9 Å². The van der Waals surface area contributed by atoms with Crippen LogP contribution in [0.2, 0.25) is 0 Å². The van der Waals surface area contributed by atoms with Gasteiger partial charge in [0.1, 0.15) is 11.6 Å². The molecule has 23 heavy (non-hydrogen) atoms. The van der Waals surface area contributed by atoms with Crippen molar-refractivity contribution in [2.45, 2.75) is 26.1 Å². The quantitative estimate of drug-likeness (QED) is 0.384. The average Bonchev–Trinajstić information content (AvgIpc) is 2.45.